The van der Waals surface area contributed by atoms with E-state index in [-0.39, 0.29) is 5.92 Å². The Hall–Kier alpha value is -0.810. The second kappa shape index (κ2) is 4.43. The van der Waals surface area contributed by atoms with Crippen LogP contribution in [0.5, 0.6) is 0 Å². The lowest BCUT2D eigenvalue weighted by atomic mass is 9.92. The largest absolute Gasteiger partial charge is 0.481 e. The average Bonchev–Trinajstić information content (AvgIpc) is 2.16. The molecule has 1 unspecified atom stereocenters. The van der Waals surface area contributed by atoms with E-state index in [2.05, 4.69) is 11.7 Å². The molecule has 0 aromatic heterocycles. The fraction of sp³-hybridized carbons (Fsp3) is 0.500. The Morgan fingerprint density at radius 1 is 1.77 bits per heavy atom. The molecule has 0 aromatic carbocycles. The van der Waals surface area contributed by atoms with Gasteiger partial charge in [-0.2, -0.15) is 0 Å². The number of aliphatic imine (C=N–C) groups is 1. The Labute approximate surface area is 81.0 Å². The third-order valence-electron chi connectivity index (χ3n) is 2.16. The molecule has 0 fully saturated rings. The molecule has 72 valence electrons. The summed E-state index contributed by atoms with van der Waals surface area (Å²) in [4.78, 5) is 15.5. The first kappa shape index (κ1) is 10.3. The van der Waals surface area contributed by atoms with Crippen LogP contribution >= 0.6 is 11.9 Å². The van der Waals surface area contributed by atoms with Gasteiger partial charge >= 0.3 is 5.97 Å². The van der Waals surface area contributed by atoms with E-state index in [1.54, 1.807) is 0 Å². The molecule has 1 rings (SSSR count). The minimum atomic E-state index is -0.762. The SMILES string of the molecule is C=NC1=C(SN)CCC(C(=O)O)C1. The van der Waals surface area contributed by atoms with Crippen LogP contribution in [-0.2, 0) is 4.79 Å². The third kappa shape index (κ3) is 2.32. The van der Waals surface area contributed by atoms with Crippen molar-refractivity contribution in [3.05, 3.63) is 10.6 Å². The molecule has 0 aliphatic heterocycles. The van der Waals surface area contributed by atoms with Gasteiger partial charge in [0.15, 0.2) is 0 Å². The predicted octanol–water partition coefficient (Wildman–Crippen LogP) is 1.39. The van der Waals surface area contributed by atoms with Gasteiger partial charge in [-0.3, -0.25) is 14.9 Å². The van der Waals surface area contributed by atoms with Crippen LogP contribution in [-0.4, -0.2) is 17.8 Å². The van der Waals surface area contributed by atoms with Gasteiger partial charge in [-0.05, 0) is 19.6 Å². The van der Waals surface area contributed by atoms with Crippen molar-refractivity contribution in [1.82, 2.24) is 0 Å². The average molecular weight is 200 g/mol. The van der Waals surface area contributed by atoms with Crippen molar-refractivity contribution in [3.8, 4) is 0 Å². The lowest BCUT2D eigenvalue weighted by Gasteiger charge is -2.20. The number of carboxylic acids is 1. The van der Waals surface area contributed by atoms with Gasteiger partial charge in [0, 0.05) is 11.3 Å². The van der Waals surface area contributed by atoms with Gasteiger partial charge < -0.3 is 5.11 Å². The van der Waals surface area contributed by atoms with Crippen molar-refractivity contribution in [2.24, 2.45) is 16.0 Å². The van der Waals surface area contributed by atoms with E-state index in [0.29, 0.717) is 19.3 Å². The maximum Gasteiger partial charge on any atom is 0.306 e. The maximum atomic E-state index is 10.7. The van der Waals surface area contributed by atoms with Crippen LogP contribution in [0.2, 0.25) is 0 Å². The molecule has 3 N–H and O–H groups in total. The summed E-state index contributed by atoms with van der Waals surface area (Å²) < 4.78 is 0. The van der Waals surface area contributed by atoms with Gasteiger partial charge in [0.25, 0.3) is 0 Å². The van der Waals surface area contributed by atoms with E-state index < -0.39 is 5.97 Å². The van der Waals surface area contributed by atoms with Crippen LogP contribution in [0.25, 0.3) is 0 Å². The highest BCUT2D eigenvalue weighted by Gasteiger charge is 2.25. The molecular formula is C8H12N2O2S. The number of hydrogen-bond acceptors (Lipinski definition) is 4. The Morgan fingerprint density at radius 3 is 2.92 bits per heavy atom. The Bertz CT molecular complexity index is 263. The van der Waals surface area contributed by atoms with Crippen molar-refractivity contribution in [2.75, 3.05) is 0 Å². The molecular weight excluding hydrogens is 188 g/mol. The number of nitrogens with zero attached hydrogens (tertiary/aromatic N) is 1. The Balaban J connectivity index is 2.77. The number of aliphatic carboxylic acids is 1. The highest BCUT2D eigenvalue weighted by molar-refractivity contribution is 8.00. The fourth-order valence-corrected chi connectivity index (χ4v) is 1.91. The van der Waals surface area contributed by atoms with Gasteiger partial charge in [0.05, 0.1) is 11.6 Å². The Morgan fingerprint density at radius 2 is 2.46 bits per heavy atom. The second-order valence-corrected chi connectivity index (χ2v) is 3.65. The summed E-state index contributed by atoms with van der Waals surface area (Å²) in [6.07, 6.45) is 1.80. The van der Waals surface area contributed by atoms with E-state index in [1.165, 1.54) is 0 Å². The van der Waals surface area contributed by atoms with Crippen molar-refractivity contribution in [3.63, 3.8) is 0 Å². The van der Waals surface area contributed by atoms with Crippen LogP contribution in [0.4, 0.5) is 0 Å². The number of carbonyl (C=O) groups is 1. The summed E-state index contributed by atoms with van der Waals surface area (Å²) in [5.74, 6) is -1.08. The number of rotatable bonds is 3. The zero-order chi connectivity index (χ0) is 9.84. The van der Waals surface area contributed by atoms with Crippen molar-refractivity contribution in [1.29, 1.82) is 0 Å². The smallest absolute Gasteiger partial charge is 0.306 e. The van der Waals surface area contributed by atoms with Crippen LogP contribution < -0.4 is 5.14 Å². The van der Waals surface area contributed by atoms with Gasteiger partial charge in [-0.15, -0.1) is 0 Å². The van der Waals surface area contributed by atoms with Gasteiger partial charge in [-0.25, -0.2) is 0 Å². The molecule has 0 bridgehead atoms. The number of carboxylic acid groups (broad SMARTS) is 1. The molecule has 1 aliphatic carbocycles. The molecule has 4 nitrogen and oxygen atoms in total. The van der Waals surface area contributed by atoms with E-state index >= 15 is 0 Å². The quantitative estimate of drug-likeness (QED) is 0.533. The first-order valence-electron chi connectivity index (χ1n) is 3.97. The molecule has 0 saturated carbocycles. The molecule has 0 spiro atoms. The van der Waals surface area contributed by atoms with Crippen LogP contribution in [0.1, 0.15) is 19.3 Å². The normalized spacial score (nSPS) is 23.0. The van der Waals surface area contributed by atoms with Crippen LogP contribution in [0.3, 0.4) is 0 Å². The molecule has 1 aliphatic rings. The molecule has 13 heavy (non-hydrogen) atoms. The molecule has 1 atom stereocenters. The number of allylic oxidation sites excluding steroid dienone is 2. The summed E-state index contributed by atoms with van der Waals surface area (Å²) in [6, 6.07) is 0. The van der Waals surface area contributed by atoms with Crippen molar-refractivity contribution in [2.45, 2.75) is 19.3 Å². The van der Waals surface area contributed by atoms with Crippen molar-refractivity contribution < 1.29 is 9.90 Å². The fourth-order valence-electron chi connectivity index (χ4n) is 1.39. The summed E-state index contributed by atoms with van der Waals surface area (Å²) in [7, 11) is 0. The zero-order valence-corrected chi connectivity index (χ0v) is 8.01. The van der Waals surface area contributed by atoms with Crippen LogP contribution in [0, 0.1) is 5.92 Å². The second-order valence-electron chi connectivity index (χ2n) is 2.92. The standard InChI is InChI=1S/C8H12N2O2S/c1-10-6-4-5(8(11)12)2-3-7(6)13-9/h5H,1-4,9H2,(H,11,12). The minimum Gasteiger partial charge on any atom is -0.481 e. The molecule has 0 radical (unpaired) electrons. The summed E-state index contributed by atoms with van der Waals surface area (Å²) in [5.41, 5.74) is 0.742. The van der Waals surface area contributed by atoms with Crippen LogP contribution in [0.15, 0.2) is 15.6 Å². The molecule has 0 heterocycles. The van der Waals surface area contributed by atoms with Gasteiger partial charge in [0.1, 0.15) is 0 Å². The monoisotopic (exact) mass is 200 g/mol. The lowest BCUT2D eigenvalue weighted by Crippen LogP contribution is -2.18. The molecule has 0 saturated heterocycles. The van der Waals surface area contributed by atoms with E-state index in [0.717, 1.165) is 22.6 Å². The lowest BCUT2D eigenvalue weighted by molar-refractivity contribution is -0.142. The summed E-state index contributed by atoms with van der Waals surface area (Å²) >= 11 is 1.15. The van der Waals surface area contributed by atoms with Crippen molar-refractivity contribution >= 4 is 24.6 Å². The molecule has 0 amide bonds. The Kier molecular flexibility index (Phi) is 3.50. The highest BCUT2D eigenvalue weighted by Crippen LogP contribution is 2.34. The summed E-state index contributed by atoms with van der Waals surface area (Å²) in [6.45, 7) is 3.41. The molecule has 5 heteroatoms. The van der Waals surface area contributed by atoms with E-state index in [9.17, 15) is 4.79 Å². The topological polar surface area (TPSA) is 75.7 Å². The van der Waals surface area contributed by atoms with Gasteiger partial charge in [0.2, 0.25) is 0 Å². The third-order valence-corrected chi connectivity index (χ3v) is 2.89. The maximum absolute atomic E-state index is 10.7. The number of hydrogen-bond donors (Lipinski definition) is 2. The van der Waals surface area contributed by atoms with Gasteiger partial charge in [-0.1, -0.05) is 11.9 Å². The first-order valence-corrected chi connectivity index (χ1v) is 4.85. The summed E-state index contributed by atoms with van der Waals surface area (Å²) in [5, 5.41) is 14.2. The first-order chi connectivity index (χ1) is 6.19. The zero-order valence-electron chi connectivity index (χ0n) is 7.19. The van der Waals surface area contributed by atoms with E-state index in [4.69, 9.17) is 10.2 Å². The molecule has 0 aromatic rings. The predicted molar refractivity (Wildman–Crippen MR) is 53.3 cm³/mol. The minimum absolute atomic E-state index is 0.323. The highest BCUT2D eigenvalue weighted by atomic mass is 32.2. The van der Waals surface area contributed by atoms with E-state index in [1.807, 2.05) is 0 Å². The number of nitrogens with two attached hydrogens (primary N) is 1.